The zero-order chi connectivity index (χ0) is 13.3. The van der Waals surface area contributed by atoms with E-state index in [2.05, 4.69) is 15.9 Å². The van der Waals surface area contributed by atoms with Crippen LogP contribution < -0.4 is 9.64 Å². The van der Waals surface area contributed by atoms with Crippen molar-refractivity contribution in [1.82, 2.24) is 0 Å². The van der Waals surface area contributed by atoms with Crippen LogP contribution >= 0.6 is 15.9 Å². The van der Waals surface area contributed by atoms with Crippen molar-refractivity contribution >= 4 is 33.5 Å². The van der Waals surface area contributed by atoms with Crippen molar-refractivity contribution in [2.75, 3.05) is 18.6 Å². The lowest BCUT2D eigenvalue weighted by molar-refractivity contribution is -0.141. The summed E-state index contributed by atoms with van der Waals surface area (Å²) < 4.78 is 5.78. The molecular weight excluding hydrogens is 302 g/mol. The van der Waals surface area contributed by atoms with Crippen LogP contribution in [-0.2, 0) is 9.59 Å². The van der Waals surface area contributed by atoms with Gasteiger partial charge in [-0.15, -0.1) is 0 Å². The Hall–Kier alpha value is -1.56. The molecule has 96 valence electrons. The number of rotatable bonds is 3. The van der Waals surface area contributed by atoms with Crippen molar-refractivity contribution in [2.45, 2.75) is 6.42 Å². The first-order valence-corrected chi connectivity index (χ1v) is 6.19. The molecule has 1 aliphatic rings. The Bertz CT molecular complexity index is 503. The van der Waals surface area contributed by atoms with Crippen molar-refractivity contribution in [2.24, 2.45) is 5.92 Å². The van der Waals surface area contributed by atoms with Gasteiger partial charge in [0.15, 0.2) is 0 Å². The van der Waals surface area contributed by atoms with Gasteiger partial charge >= 0.3 is 5.97 Å². The molecule has 1 heterocycles. The predicted molar refractivity (Wildman–Crippen MR) is 68.8 cm³/mol. The van der Waals surface area contributed by atoms with Gasteiger partial charge in [-0.05, 0) is 34.1 Å². The Morgan fingerprint density at radius 1 is 1.56 bits per heavy atom. The number of halogens is 1. The molecule has 1 saturated heterocycles. The molecule has 1 atom stereocenters. The summed E-state index contributed by atoms with van der Waals surface area (Å²) in [6.07, 6.45) is 0.0494. The van der Waals surface area contributed by atoms with Crippen LogP contribution in [0, 0.1) is 5.92 Å². The lowest BCUT2D eigenvalue weighted by Crippen LogP contribution is -2.26. The fourth-order valence-electron chi connectivity index (χ4n) is 1.94. The first kappa shape index (κ1) is 12.9. The molecule has 0 bridgehead atoms. The summed E-state index contributed by atoms with van der Waals surface area (Å²) in [6, 6.07) is 5.23. The second-order valence-electron chi connectivity index (χ2n) is 4.06. The zero-order valence-electron chi connectivity index (χ0n) is 9.72. The van der Waals surface area contributed by atoms with Crippen molar-refractivity contribution < 1.29 is 19.4 Å². The highest BCUT2D eigenvalue weighted by molar-refractivity contribution is 9.10. The van der Waals surface area contributed by atoms with Crippen molar-refractivity contribution in [3.05, 3.63) is 22.7 Å². The molecule has 1 aromatic carbocycles. The van der Waals surface area contributed by atoms with E-state index in [0.717, 1.165) is 0 Å². The van der Waals surface area contributed by atoms with Gasteiger partial charge in [-0.1, -0.05) is 0 Å². The van der Waals surface area contributed by atoms with Gasteiger partial charge < -0.3 is 14.7 Å². The van der Waals surface area contributed by atoms with Gasteiger partial charge in [0.1, 0.15) is 5.75 Å². The normalized spacial score (nSPS) is 19.1. The molecule has 1 fully saturated rings. The highest BCUT2D eigenvalue weighted by Crippen LogP contribution is 2.34. The number of benzene rings is 1. The number of nitrogens with zero attached hydrogens (tertiary/aromatic N) is 1. The second-order valence-corrected chi connectivity index (χ2v) is 4.92. The monoisotopic (exact) mass is 313 g/mol. The van der Waals surface area contributed by atoms with Gasteiger partial charge in [-0.3, -0.25) is 9.59 Å². The SMILES string of the molecule is COc1ccc(N2CC(C(=O)O)CC2=O)c(Br)c1. The maximum Gasteiger partial charge on any atom is 0.308 e. The predicted octanol–water partition coefficient (Wildman–Crippen LogP) is 1.90. The standard InChI is InChI=1S/C12H12BrNO4/c1-18-8-2-3-10(9(13)5-8)14-6-7(12(16)17)4-11(14)15/h2-3,5,7H,4,6H2,1H3,(H,16,17). The average Bonchev–Trinajstić information content (AvgIpc) is 2.71. The second kappa shape index (κ2) is 4.97. The van der Waals surface area contributed by atoms with Gasteiger partial charge in [0.2, 0.25) is 5.91 Å². The van der Waals surface area contributed by atoms with E-state index in [9.17, 15) is 9.59 Å². The molecule has 0 aromatic heterocycles. The number of amides is 1. The van der Waals surface area contributed by atoms with E-state index in [0.29, 0.717) is 15.9 Å². The van der Waals surface area contributed by atoms with Crippen LogP contribution in [0.5, 0.6) is 5.75 Å². The first-order chi connectivity index (χ1) is 8.52. The number of methoxy groups -OCH3 is 1. The summed E-state index contributed by atoms with van der Waals surface area (Å²) in [5.74, 6) is -1.07. The molecule has 6 heteroatoms. The molecule has 2 rings (SSSR count). The minimum absolute atomic E-state index is 0.0494. The molecule has 0 radical (unpaired) electrons. The Kier molecular flexibility index (Phi) is 3.56. The molecule has 18 heavy (non-hydrogen) atoms. The third kappa shape index (κ3) is 2.33. The number of carbonyl (C=O) groups is 2. The van der Waals surface area contributed by atoms with Gasteiger partial charge in [0.05, 0.1) is 18.7 Å². The number of aliphatic carboxylic acids is 1. The number of carbonyl (C=O) groups excluding carboxylic acids is 1. The Balaban J connectivity index is 2.27. The highest BCUT2D eigenvalue weighted by atomic mass is 79.9. The largest absolute Gasteiger partial charge is 0.497 e. The van der Waals surface area contributed by atoms with E-state index in [4.69, 9.17) is 9.84 Å². The number of ether oxygens (including phenoxy) is 1. The molecular formula is C12H12BrNO4. The van der Waals surface area contributed by atoms with Crippen LogP contribution in [0.25, 0.3) is 0 Å². The van der Waals surface area contributed by atoms with Gasteiger partial charge in [0.25, 0.3) is 0 Å². The minimum Gasteiger partial charge on any atom is -0.497 e. The van der Waals surface area contributed by atoms with E-state index in [-0.39, 0.29) is 18.9 Å². The minimum atomic E-state index is -0.935. The van der Waals surface area contributed by atoms with E-state index in [1.807, 2.05) is 0 Å². The number of hydrogen-bond acceptors (Lipinski definition) is 3. The lowest BCUT2D eigenvalue weighted by atomic mass is 10.1. The third-order valence-corrected chi connectivity index (χ3v) is 3.56. The fraction of sp³-hybridized carbons (Fsp3) is 0.333. The first-order valence-electron chi connectivity index (χ1n) is 5.39. The Labute approximate surface area is 112 Å². The summed E-state index contributed by atoms with van der Waals surface area (Å²) >= 11 is 3.36. The van der Waals surface area contributed by atoms with Gasteiger partial charge in [0, 0.05) is 17.4 Å². The number of hydrogen-bond donors (Lipinski definition) is 1. The van der Waals surface area contributed by atoms with E-state index >= 15 is 0 Å². The molecule has 1 amide bonds. The van der Waals surface area contributed by atoms with Crippen LogP contribution in [0.4, 0.5) is 5.69 Å². The van der Waals surface area contributed by atoms with Crippen LogP contribution in [-0.4, -0.2) is 30.6 Å². The van der Waals surface area contributed by atoms with Crippen molar-refractivity contribution in [3.8, 4) is 5.75 Å². The molecule has 0 saturated carbocycles. The molecule has 0 aliphatic carbocycles. The van der Waals surface area contributed by atoms with Crippen LogP contribution in [0.2, 0.25) is 0 Å². The van der Waals surface area contributed by atoms with Crippen molar-refractivity contribution in [1.29, 1.82) is 0 Å². The molecule has 0 spiro atoms. The maximum atomic E-state index is 11.8. The zero-order valence-corrected chi connectivity index (χ0v) is 11.3. The number of carboxylic acid groups (broad SMARTS) is 1. The maximum absolute atomic E-state index is 11.8. The summed E-state index contributed by atoms with van der Waals surface area (Å²) in [7, 11) is 1.56. The lowest BCUT2D eigenvalue weighted by Gasteiger charge is -2.18. The molecule has 1 N–H and O–H groups in total. The quantitative estimate of drug-likeness (QED) is 0.925. The topological polar surface area (TPSA) is 66.8 Å². The molecule has 5 nitrogen and oxygen atoms in total. The third-order valence-electron chi connectivity index (χ3n) is 2.92. The van der Waals surface area contributed by atoms with Crippen LogP contribution in [0.15, 0.2) is 22.7 Å². The van der Waals surface area contributed by atoms with E-state index in [1.165, 1.54) is 4.90 Å². The average molecular weight is 314 g/mol. The Morgan fingerprint density at radius 3 is 2.78 bits per heavy atom. The number of anilines is 1. The van der Waals surface area contributed by atoms with Gasteiger partial charge in [-0.25, -0.2) is 0 Å². The summed E-state index contributed by atoms with van der Waals surface area (Å²) in [4.78, 5) is 24.2. The summed E-state index contributed by atoms with van der Waals surface area (Å²) in [5.41, 5.74) is 0.671. The highest BCUT2D eigenvalue weighted by Gasteiger charge is 2.35. The smallest absolute Gasteiger partial charge is 0.308 e. The number of carboxylic acids is 1. The fourth-order valence-corrected chi connectivity index (χ4v) is 2.51. The van der Waals surface area contributed by atoms with Gasteiger partial charge in [-0.2, -0.15) is 0 Å². The van der Waals surface area contributed by atoms with E-state index < -0.39 is 11.9 Å². The summed E-state index contributed by atoms with van der Waals surface area (Å²) in [6.45, 7) is 0.207. The summed E-state index contributed by atoms with van der Waals surface area (Å²) in [5, 5.41) is 8.94. The van der Waals surface area contributed by atoms with E-state index in [1.54, 1.807) is 25.3 Å². The van der Waals surface area contributed by atoms with Crippen LogP contribution in [0.1, 0.15) is 6.42 Å². The molecule has 1 aliphatic heterocycles. The van der Waals surface area contributed by atoms with Crippen molar-refractivity contribution in [3.63, 3.8) is 0 Å². The molecule has 1 aromatic rings. The molecule has 1 unspecified atom stereocenters. The van der Waals surface area contributed by atoms with Crippen LogP contribution in [0.3, 0.4) is 0 Å². The Morgan fingerprint density at radius 2 is 2.28 bits per heavy atom.